The van der Waals surface area contributed by atoms with E-state index in [1.807, 2.05) is 24.3 Å². The van der Waals surface area contributed by atoms with Crippen LogP contribution in [0.2, 0.25) is 5.02 Å². The van der Waals surface area contributed by atoms with Crippen LogP contribution in [-0.4, -0.2) is 47.9 Å². The maximum absolute atomic E-state index is 6.04. The number of rotatable bonds is 6. The molecule has 0 bridgehead atoms. The van der Waals surface area contributed by atoms with Crippen molar-refractivity contribution in [2.24, 2.45) is 16.3 Å². The molecule has 2 aliphatic rings. The van der Waals surface area contributed by atoms with Gasteiger partial charge in [0, 0.05) is 47.5 Å². The van der Waals surface area contributed by atoms with E-state index in [0.29, 0.717) is 47.8 Å². The van der Waals surface area contributed by atoms with Gasteiger partial charge in [-0.1, -0.05) is 42.7 Å². The number of aliphatic imine (C=N–C) groups is 1. The van der Waals surface area contributed by atoms with Crippen molar-refractivity contribution in [1.29, 1.82) is 0 Å². The smallest absolute Gasteiger partial charge is 0.228 e. The van der Waals surface area contributed by atoms with Crippen molar-refractivity contribution in [3.8, 4) is 11.4 Å². The molecule has 3 unspecified atom stereocenters. The molecule has 3 atom stereocenters. The Kier molecular flexibility index (Phi) is 7.62. The number of ether oxygens (including phenoxy) is 1. The lowest BCUT2D eigenvalue weighted by Crippen LogP contribution is -2.68. The number of fused-ring (bicyclic) bond motifs is 1. The first-order valence-corrected chi connectivity index (χ1v) is 10.6. The number of nitrogens with one attached hydrogen (secondary N) is 2. The van der Waals surface area contributed by atoms with E-state index < -0.39 is 0 Å². The lowest BCUT2D eigenvalue weighted by atomic mass is 9.57. The lowest BCUT2D eigenvalue weighted by molar-refractivity contribution is -0.106. The summed E-state index contributed by atoms with van der Waals surface area (Å²) in [6.45, 7) is 8.82. The first-order valence-electron chi connectivity index (χ1n) is 10.2. The molecule has 30 heavy (non-hydrogen) atoms. The molecule has 1 aliphatic heterocycles. The highest BCUT2D eigenvalue weighted by molar-refractivity contribution is 14.0. The molecule has 1 saturated heterocycles. The first kappa shape index (κ1) is 23.3. The predicted molar refractivity (Wildman–Crippen MR) is 128 cm³/mol. The Hall–Kier alpha value is -1.39. The van der Waals surface area contributed by atoms with Gasteiger partial charge < -0.3 is 19.9 Å². The van der Waals surface area contributed by atoms with E-state index >= 15 is 0 Å². The highest BCUT2D eigenvalue weighted by Gasteiger charge is 2.59. The number of aromatic nitrogens is 2. The molecule has 2 fully saturated rings. The number of hydrogen-bond donors (Lipinski definition) is 2. The van der Waals surface area contributed by atoms with Crippen molar-refractivity contribution in [2.45, 2.75) is 45.8 Å². The second-order valence-electron chi connectivity index (χ2n) is 8.22. The van der Waals surface area contributed by atoms with Crippen LogP contribution in [0.25, 0.3) is 11.4 Å². The minimum Gasteiger partial charge on any atom is -0.377 e. The Morgan fingerprint density at radius 3 is 2.97 bits per heavy atom. The van der Waals surface area contributed by atoms with Crippen molar-refractivity contribution in [3.05, 3.63) is 35.2 Å². The first-order chi connectivity index (χ1) is 14.0. The molecule has 9 heteroatoms. The molecule has 0 radical (unpaired) electrons. The van der Waals surface area contributed by atoms with Crippen LogP contribution < -0.4 is 10.6 Å². The summed E-state index contributed by atoms with van der Waals surface area (Å²) in [4.78, 5) is 9.17. The van der Waals surface area contributed by atoms with E-state index in [1.54, 1.807) is 0 Å². The van der Waals surface area contributed by atoms with Crippen LogP contribution >= 0.6 is 35.6 Å². The highest BCUT2D eigenvalue weighted by Crippen LogP contribution is 2.52. The van der Waals surface area contributed by atoms with Crippen LogP contribution in [-0.2, 0) is 11.2 Å². The molecule has 0 amide bonds. The third-order valence-corrected chi connectivity index (χ3v) is 6.12. The summed E-state index contributed by atoms with van der Waals surface area (Å²) in [6.07, 6.45) is 2.04. The summed E-state index contributed by atoms with van der Waals surface area (Å²) >= 11 is 6.04. The summed E-state index contributed by atoms with van der Waals surface area (Å²) in [7, 11) is 0. The maximum atomic E-state index is 6.04. The number of hydrogen-bond acceptors (Lipinski definition) is 5. The van der Waals surface area contributed by atoms with Gasteiger partial charge in [-0.2, -0.15) is 4.98 Å². The quantitative estimate of drug-likeness (QED) is 0.325. The van der Waals surface area contributed by atoms with Gasteiger partial charge in [0.15, 0.2) is 5.96 Å². The SMILES string of the molecule is CCNC(=NCCc1nc(-c2cccc(Cl)c2)no1)NC1C2CCOC2C1(C)C.I. The number of nitrogens with zero attached hydrogens (tertiary/aromatic N) is 3. The third-order valence-electron chi connectivity index (χ3n) is 5.88. The molecule has 1 saturated carbocycles. The average molecular weight is 546 g/mol. The molecule has 1 aromatic heterocycles. The van der Waals surface area contributed by atoms with E-state index in [9.17, 15) is 0 Å². The molecule has 2 heterocycles. The second kappa shape index (κ2) is 9.82. The zero-order chi connectivity index (χ0) is 20.4. The van der Waals surface area contributed by atoms with E-state index in [1.165, 1.54) is 0 Å². The highest BCUT2D eigenvalue weighted by atomic mass is 127. The summed E-state index contributed by atoms with van der Waals surface area (Å²) < 4.78 is 11.3. The number of halogens is 2. The van der Waals surface area contributed by atoms with Crippen LogP contribution in [0.1, 0.15) is 33.1 Å². The predicted octanol–water partition coefficient (Wildman–Crippen LogP) is 3.92. The Bertz CT molecular complexity index is 888. The van der Waals surface area contributed by atoms with Gasteiger partial charge in [-0.3, -0.25) is 4.99 Å². The van der Waals surface area contributed by atoms with Crippen LogP contribution in [0.3, 0.4) is 0 Å². The molecule has 4 rings (SSSR count). The number of guanidine groups is 1. The standard InChI is InChI=1S/C21H28ClN5O2.HI/c1-4-23-20(26-17-15-9-11-28-18(15)21(17,2)3)24-10-8-16-25-19(27-29-16)13-6-5-7-14(22)12-13;/h5-7,12,15,17-18H,4,8-11H2,1-3H3,(H2,23,24,26);1H. The van der Waals surface area contributed by atoms with Gasteiger partial charge in [0.2, 0.25) is 11.7 Å². The average Bonchev–Trinajstić information content (AvgIpc) is 3.34. The van der Waals surface area contributed by atoms with Crippen molar-refractivity contribution >= 4 is 41.5 Å². The van der Waals surface area contributed by atoms with Gasteiger partial charge in [-0.15, -0.1) is 24.0 Å². The molecular formula is C21H29ClIN5O2. The number of benzene rings is 1. The van der Waals surface area contributed by atoms with Gasteiger partial charge in [0.1, 0.15) is 0 Å². The summed E-state index contributed by atoms with van der Waals surface area (Å²) in [5.74, 6) is 2.49. The monoisotopic (exact) mass is 545 g/mol. The van der Waals surface area contributed by atoms with Gasteiger partial charge in [-0.25, -0.2) is 0 Å². The minimum atomic E-state index is 0. The summed E-state index contributed by atoms with van der Waals surface area (Å²) in [6, 6.07) is 7.78. The zero-order valence-electron chi connectivity index (χ0n) is 17.5. The van der Waals surface area contributed by atoms with Gasteiger partial charge in [0.25, 0.3) is 0 Å². The summed E-state index contributed by atoms with van der Waals surface area (Å²) in [5.41, 5.74) is 0.946. The van der Waals surface area contributed by atoms with E-state index in [2.05, 4.69) is 41.5 Å². The van der Waals surface area contributed by atoms with Gasteiger partial charge in [0.05, 0.1) is 12.6 Å². The van der Waals surface area contributed by atoms with Crippen molar-refractivity contribution < 1.29 is 9.26 Å². The van der Waals surface area contributed by atoms with Crippen LogP contribution in [0.5, 0.6) is 0 Å². The molecular weight excluding hydrogens is 517 g/mol. The molecule has 1 aliphatic carbocycles. The topological polar surface area (TPSA) is 84.6 Å². The van der Waals surface area contributed by atoms with E-state index in [0.717, 1.165) is 31.1 Å². The fraction of sp³-hybridized carbons (Fsp3) is 0.571. The Labute approximate surface area is 199 Å². The Morgan fingerprint density at radius 1 is 1.37 bits per heavy atom. The van der Waals surface area contributed by atoms with Crippen molar-refractivity contribution in [2.75, 3.05) is 19.7 Å². The van der Waals surface area contributed by atoms with Gasteiger partial charge >= 0.3 is 0 Å². The minimum absolute atomic E-state index is 0. The van der Waals surface area contributed by atoms with Gasteiger partial charge in [-0.05, 0) is 25.5 Å². The molecule has 2 aromatic rings. The van der Waals surface area contributed by atoms with E-state index in [-0.39, 0.29) is 29.4 Å². The molecule has 164 valence electrons. The molecule has 0 spiro atoms. The fourth-order valence-electron chi connectivity index (χ4n) is 4.45. The fourth-order valence-corrected chi connectivity index (χ4v) is 4.64. The van der Waals surface area contributed by atoms with Crippen LogP contribution in [0.15, 0.2) is 33.8 Å². The van der Waals surface area contributed by atoms with Crippen molar-refractivity contribution in [3.63, 3.8) is 0 Å². The second-order valence-corrected chi connectivity index (χ2v) is 8.66. The Balaban J connectivity index is 0.00000256. The summed E-state index contributed by atoms with van der Waals surface area (Å²) in [5, 5.41) is 11.7. The zero-order valence-corrected chi connectivity index (χ0v) is 20.6. The van der Waals surface area contributed by atoms with Crippen LogP contribution in [0, 0.1) is 11.3 Å². The molecule has 7 nitrogen and oxygen atoms in total. The van der Waals surface area contributed by atoms with E-state index in [4.69, 9.17) is 25.9 Å². The van der Waals surface area contributed by atoms with Crippen molar-refractivity contribution in [1.82, 2.24) is 20.8 Å². The molecule has 1 aromatic carbocycles. The normalized spacial score (nSPS) is 24.5. The third kappa shape index (κ3) is 4.75. The maximum Gasteiger partial charge on any atom is 0.228 e. The lowest BCUT2D eigenvalue weighted by Gasteiger charge is -2.54. The largest absolute Gasteiger partial charge is 0.377 e. The van der Waals surface area contributed by atoms with Crippen LogP contribution in [0.4, 0.5) is 0 Å². The molecule has 2 N–H and O–H groups in total. The Morgan fingerprint density at radius 2 is 2.20 bits per heavy atom.